The molecule has 2 aromatic rings. The zero-order valence-corrected chi connectivity index (χ0v) is 12.3. The minimum absolute atomic E-state index is 0.830. The normalized spacial score (nSPS) is 16.2. The van der Waals surface area contributed by atoms with Crippen molar-refractivity contribution < 1.29 is 4.74 Å². The lowest BCUT2D eigenvalue weighted by atomic mass is 10.2. The number of anilines is 2. The Kier molecular flexibility index (Phi) is 4.25. The van der Waals surface area contributed by atoms with Crippen molar-refractivity contribution in [2.24, 2.45) is 0 Å². The van der Waals surface area contributed by atoms with E-state index < -0.39 is 0 Å². The van der Waals surface area contributed by atoms with Gasteiger partial charge in [-0.3, -0.25) is 4.90 Å². The van der Waals surface area contributed by atoms with Gasteiger partial charge in [0.1, 0.15) is 5.82 Å². The predicted molar refractivity (Wildman–Crippen MR) is 80.5 cm³/mol. The lowest BCUT2D eigenvalue weighted by molar-refractivity contribution is 0.0341. The van der Waals surface area contributed by atoms with Crippen molar-refractivity contribution in [3.8, 4) is 0 Å². The zero-order chi connectivity index (χ0) is 13.8. The van der Waals surface area contributed by atoms with Gasteiger partial charge in [0.15, 0.2) is 5.13 Å². The smallest absolute Gasteiger partial charge is 0.188 e. The Bertz CT molecular complexity index is 549. The molecule has 5 nitrogen and oxygen atoms in total. The number of aromatic nitrogens is 2. The quantitative estimate of drug-likeness (QED) is 0.937. The number of hydrogen-bond donors (Lipinski definition) is 1. The Balaban J connectivity index is 1.59. The first-order valence-corrected chi connectivity index (χ1v) is 7.56. The van der Waals surface area contributed by atoms with Gasteiger partial charge in [-0.25, -0.2) is 9.97 Å². The standard InChI is InChI=1S/C14H18N4OS/c1-11-8-16-14(20-11)17-13-3-2-12(9-15-13)10-18-4-6-19-7-5-18/h2-3,8-9H,4-7,10H2,1H3,(H,15,16,17). The molecule has 1 fully saturated rings. The number of pyridine rings is 1. The second-order valence-electron chi connectivity index (χ2n) is 4.84. The topological polar surface area (TPSA) is 50.3 Å². The molecule has 3 rings (SSSR count). The molecule has 0 aromatic carbocycles. The molecule has 0 saturated carbocycles. The van der Waals surface area contributed by atoms with Crippen molar-refractivity contribution in [3.05, 3.63) is 35.0 Å². The minimum atomic E-state index is 0.830. The highest BCUT2D eigenvalue weighted by molar-refractivity contribution is 7.15. The van der Waals surface area contributed by atoms with Crippen LogP contribution in [0.2, 0.25) is 0 Å². The van der Waals surface area contributed by atoms with Gasteiger partial charge in [0.05, 0.1) is 13.2 Å². The third kappa shape index (κ3) is 3.53. The third-order valence-corrected chi connectivity index (χ3v) is 4.02. The SMILES string of the molecule is Cc1cnc(Nc2ccc(CN3CCOCC3)cn2)s1. The molecule has 3 heterocycles. The first kappa shape index (κ1) is 13.5. The van der Waals surface area contributed by atoms with Crippen LogP contribution in [0.4, 0.5) is 10.9 Å². The molecule has 1 aliphatic rings. The van der Waals surface area contributed by atoms with Crippen molar-refractivity contribution in [1.82, 2.24) is 14.9 Å². The number of ether oxygens (including phenoxy) is 1. The van der Waals surface area contributed by atoms with Crippen LogP contribution in [0.3, 0.4) is 0 Å². The molecule has 0 radical (unpaired) electrons. The van der Waals surface area contributed by atoms with Gasteiger partial charge in [0.2, 0.25) is 0 Å². The number of nitrogens with zero attached hydrogens (tertiary/aromatic N) is 3. The summed E-state index contributed by atoms with van der Waals surface area (Å²) in [7, 11) is 0. The molecule has 20 heavy (non-hydrogen) atoms. The fourth-order valence-corrected chi connectivity index (χ4v) is 2.80. The molecule has 6 heteroatoms. The first-order valence-electron chi connectivity index (χ1n) is 6.74. The Hall–Kier alpha value is -1.50. The fraction of sp³-hybridized carbons (Fsp3) is 0.429. The highest BCUT2D eigenvalue weighted by atomic mass is 32.1. The second-order valence-corrected chi connectivity index (χ2v) is 6.08. The maximum atomic E-state index is 5.35. The number of thiazole rings is 1. The molecule has 106 valence electrons. The van der Waals surface area contributed by atoms with Crippen LogP contribution < -0.4 is 5.32 Å². The lowest BCUT2D eigenvalue weighted by Gasteiger charge is -2.26. The number of morpholine rings is 1. The summed E-state index contributed by atoms with van der Waals surface area (Å²) in [6.07, 6.45) is 3.79. The van der Waals surface area contributed by atoms with Crippen molar-refractivity contribution >= 4 is 22.3 Å². The minimum Gasteiger partial charge on any atom is -0.379 e. The maximum Gasteiger partial charge on any atom is 0.188 e. The Labute approximate surface area is 122 Å². The molecule has 2 aromatic heterocycles. The summed E-state index contributed by atoms with van der Waals surface area (Å²) in [5.41, 5.74) is 1.23. The van der Waals surface area contributed by atoms with Gasteiger partial charge in [0, 0.05) is 36.9 Å². The van der Waals surface area contributed by atoms with Crippen LogP contribution in [0, 0.1) is 6.92 Å². The number of nitrogens with one attached hydrogen (secondary N) is 1. The average Bonchev–Trinajstić information content (AvgIpc) is 2.88. The molecule has 1 saturated heterocycles. The van der Waals surface area contributed by atoms with Gasteiger partial charge in [-0.2, -0.15) is 0 Å². The summed E-state index contributed by atoms with van der Waals surface area (Å²) in [5, 5.41) is 4.10. The lowest BCUT2D eigenvalue weighted by Crippen LogP contribution is -2.35. The molecule has 1 N–H and O–H groups in total. The molecule has 0 amide bonds. The molecule has 0 spiro atoms. The average molecular weight is 290 g/mol. The second kappa shape index (κ2) is 6.30. The van der Waals surface area contributed by atoms with Crippen molar-refractivity contribution in [2.45, 2.75) is 13.5 Å². The molecule has 0 unspecified atom stereocenters. The van der Waals surface area contributed by atoms with E-state index in [1.807, 2.05) is 25.4 Å². The van der Waals surface area contributed by atoms with Crippen LogP contribution in [-0.4, -0.2) is 41.2 Å². The predicted octanol–water partition coefficient (Wildman–Crippen LogP) is 2.42. The summed E-state index contributed by atoms with van der Waals surface area (Å²) >= 11 is 1.63. The van der Waals surface area contributed by atoms with Crippen LogP contribution in [0.25, 0.3) is 0 Å². The van der Waals surface area contributed by atoms with Gasteiger partial charge >= 0.3 is 0 Å². The fourth-order valence-electron chi connectivity index (χ4n) is 2.13. The molecular weight excluding hydrogens is 272 g/mol. The van der Waals surface area contributed by atoms with E-state index in [4.69, 9.17) is 4.74 Å². The summed E-state index contributed by atoms with van der Waals surface area (Å²) in [4.78, 5) is 12.3. The van der Waals surface area contributed by atoms with E-state index in [0.717, 1.165) is 43.8 Å². The van der Waals surface area contributed by atoms with Crippen molar-refractivity contribution in [1.29, 1.82) is 0 Å². The summed E-state index contributed by atoms with van der Waals surface area (Å²) in [6.45, 7) is 6.64. The number of hydrogen-bond acceptors (Lipinski definition) is 6. The van der Waals surface area contributed by atoms with E-state index in [-0.39, 0.29) is 0 Å². The van der Waals surface area contributed by atoms with Crippen LogP contribution in [0.5, 0.6) is 0 Å². The highest BCUT2D eigenvalue weighted by Crippen LogP contribution is 2.20. The number of rotatable bonds is 4. The molecule has 0 aliphatic carbocycles. The van der Waals surface area contributed by atoms with Gasteiger partial charge in [0.25, 0.3) is 0 Å². The Morgan fingerprint density at radius 1 is 1.25 bits per heavy atom. The van der Waals surface area contributed by atoms with Crippen LogP contribution >= 0.6 is 11.3 Å². The molecule has 0 atom stereocenters. The van der Waals surface area contributed by atoms with Crippen LogP contribution in [-0.2, 0) is 11.3 Å². The van der Waals surface area contributed by atoms with E-state index in [9.17, 15) is 0 Å². The summed E-state index contributed by atoms with van der Waals surface area (Å²) in [6, 6.07) is 4.12. The monoisotopic (exact) mass is 290 g/mol. The molecular formula is C14H18N4OS. The van der Waals surface area contributed by atoms with E-state index in [1.165, 1.54) is 10.4 Å². The Morgan fingerprint density at radius 3 is 2.75 bits per heavy atom. The van der Waals surface area contributed by atoms with Crippen molar-refractivity contribution in [2.75, 3.05) is 31.6 Å². The van der Waals surface area contributed by atoms with Gasteiger partial charge in [-0.05, 0) is 18.6 Å². The molecule has 1 aliphatic heterocycles. The largest absolute Gasteiger partial charge is 0.379 e. The highest BCUT2D eigenvalue weighted by Gasteiger charge is 2.10. The van der Waals surface area contributed by atoms with E-state index in [0.29, 0.717) is 0 Å². The Morgan fingerprint density at radius 2 is 2.10 bits per heavy atom. The zero-order valence-electron chi connectivity index (χ0n) is 11.5. The maximum absolute atomic E-state index is 5.35. The summed E-state index contributed by atoms with van der Waals surface area (Å²) in [5.74, 6) is 0.838. The van der Waals surface area contributed by atoms with Gasteiger partial charge < -0.3 is 10.1 Å². The first-order chi connectivity index (χ1) is 9.79. The van der Waals surface area contributed by atoms with Gasteiger partial charge in [-0.15, -0.1) is 11.3 Å². The van der Waals surface area contributed by atoms with Gasteiger partial charge in [-0.1, -0.05) is 6.07 Å². The van der Waals surface area contributed by atoms with E-state index in [1.54, 1.807) is 11.3 Å². The summed E-state index contributed by atoms with van der Waals surface area (Å²) < 4.78 is 5.35. The van der Waals surface area contributed by atoms with E-state index in [2.05, 4.69) is 26.3 Å². The van der Waals surface area contributed by atoms with Crippen molar-refractivity contribution in [3.63, 3.8) is 0 Å². The van der Waals surface area contributed by atoms with Crippen LogP contribution in [0.1, 0.15) is 10.4 Å². The molecule has 0 bridgehead atoms. The van der Waals surface area contributed by atoms with E-state index >= 15 is 0 Å². The third-order valence-electron chi connectivity index (χ3n) is 3.19. The van der Waals surface area contributed by atoms with Crippen LogP contribution in [0.15, 0.2) is 24.5 Å². The number of aryl methyl sites for hydroxylation is 1.